The SMILES string of the molecule is Cc1cc(-c2ccc3ncccc3c2)c2nccnc2c1. The van der Waals surface area contributed by atoms with Crippen molar-refractivity contribution < 1.29 is 0 Å². The highest BCUT2D eigenvalue weighted by Crippen LogP contribution is 2.29. The summed E-state index contributed by atoms with van der Waals surface area (Å²) < 4.78 is 0. The van der Waals surface area contributed by atoms with E-state index in [9.17, 15) is 0 Å². The van der Waals surface area contributed by atoms with E-state index in [-0.39, 0.29) is 0 Å². The molecule has 0 fully saturated rings. The van der Waals surface area contributed by atoms with Gasteiger partial charge in [0, 0.05) is 29.5 Å². The number of aromatic nitrogens is 3. The zero-order chi connectivity index (χ0) is 14.2. The van der Waals surface area contributed by atoms with Crippen LogP contribution in [0.25, 0.3) is 33.1 Å². The average Bonchev–Trinajstić information content (AvgIpc) is 2.53. The molecule has 21 heavy (non-hydrogen) atoms. The number of nitrogens with zero attached hydrogens (tertiary/aromatic N) is 3. The van der Waals surface area contributed by atoms with Gasteiger partial charge in [0.05, 0.1) is 16.6 Å². The van der Waals surface area contributed by atoms with Gasteiger partial charge in [-0.15, -0.1) is 0 Å². The smallest absolute Gasteiger partial charge is 0.0965 e. The highest BCUT2D eigenvalue weighted by Gasteiger charge is 2.08. The van der Waals surface area contributed by atoms with Gasteiger partial charge in [0.2, 0.25) is 0 Å². The van der Waals surface area contributed by atoms with Gasteiger partial charge in [0.15, 0.2) is 0 Å². The first-order valence-electron chi connectivity index (χ1n) is 6.88. The van der Waals surface area contributed by atoms with Gasteiger partial charge >= 0.3 is 0 Å². The van der Waals surface area contributed by atoms with E-state index < -0.39 is 0 Å². The molecule has 4 rings (SSSR count). The van der Waals surface area contributed by atoms with E-state index in [1.54, 1.807) is 12.4 Å². The molecule has 0 radical (unpaired) electrons. The van der Waals surface area contributed by atoms with E-state index in [0.717, 1.165) is 33.1 Å². The minimum Gasteiger partial charge on any atom is -0.256 e. The second kappa shape index (κ2) is 4.63. The molecule has 100 valence electrons. The van der Waals surface area contributed by atoms with E-state index in [1.807, 2.05) is 12.3 Å². The second-order valence-corrected chi connectivity index (χ2v) is 5.15. The Hall–Kier alpha value is -2.81. The summed E-state index contributed by atoms with van der Waals surface area (Å²) >= 11 is 0. The lowest BCUT2D eigenvalue weighted by Gasteiger charge is -2.08. The van der Waals surface area contributed by atoms with E-state index in [2.05, 4.69) is 58.3 Å². The van der Waals surface area contributed by atoms with Gasteiger partial charge in [-0.3, -0.25) is 15.0 Å². The van der Waals surface area contributed by atoms with Gasteiger partial charge < -0.3 is 0 Å². The van der Waals surface area contributed by atoms with Crippen LogP contribution in [0.1, 0.15) is 5.56 Å². The number of rotatable bonds is 1. The lowest BCUT2D eigenvalue weighted by Crippen LogP contribution is -1.89. The number of fused-ring (bicyclic) bond motifs is 2. The molecule has 0 unspecified atom stereocenters. The fraction of sp³-hybridized carbons (Fsp3) is 0.0556. The first kappa shape index (κ1) is 12.0. The summed E-state index contributed by atoms with van der Waals surface area (Å²) in [7, 11) is 0. The Kier molecular flexibility index (Phi) is 2.64. The normalized spacial score (nSPS) is 11.1. The Balaban J connectivity index is 2.03. The highest BCUT2D eigenvalue weighted by molar-refractivity contribution is 5.95. The number of aryl methyl sites for hydroxylation is 1. The van der Waals surface area contributed by atoms with E-state index in [1.165, 1.54) is 5.56 Å². The monoisotopic (exact) mass is 271 g/mol. The molecular weight excluding hydrogens is 258 g/mol. The summed E-state index contributed by atoms with van der Waals surface area (Å²) in [5.41, 5.74) is 6.31. The molecule has 4 aromatic rings. The van der Waals surface area contributed by atoms with Crippen LogP contribution < -0.4 is 0 Å². The minimum atomic E-state index is 0.929. The van der Waals surface area contributed by atoms with E-state index in [0.29, 0.717) is 0 Å². The molecule has 2 aromatic heterocycles. The summed E-state index contributed by atoms with van der Waals surface area (Å²) in [4.78, 5) is 13.3. The molecule has 0 spiro atoms. The molecule has 0 aliphatic carbocycles. The van der Waals surface area contributed by atoms with Gasteiger partial charge in [-0.1, -0.05) is 12.1 Å². The predicted molar refractivity (Wildman–Crippen MR) is 85.0 cm³/mol. The van der Waals surface area contributed by atoms with E-state index >= 15 is 0 Å². The number of hydrogen-bond acceptors (Lipinski definition) is 3. The van der Waals surface area contributed by atoms with Gasteiger partial charge in [-0.2, -0.15) is 0 Å². The summed E-state index contributed by atoms with van der Waals surface area (Å²) in [5.74, 6) is 0. The number of pyridine rings is 1. The van der Waals surface area contributed by atoms with Crippen molar-refractivity contribution >= 4 is 21.9 Å². The lowest BCUT2D eigenvalue weighted by molar-refractivity contribution is 1.28. The molecule has 2 aromatic carbocycles. The van der Waals surface area contributed by atoms with Crippen LogP contribution >= 0.6 is 0 Å². The summed E-state index contributed by atoms with van der Waals surface area (Å²) in [6.07, 6.45) is 5.29. The Morgan fingerprint density at radius 3 is 2.57 bits per heavy atom. The van der Waals surface area contributed by atoms with Crippen molar-refractivity contribution in [1.82, 2.24) is 15.0 Å². The summed E-state index contributed by atoms with van der Waals surface area (Å²) in [5, 5.41) is 1.13. The van der Waals surface area contributed by atoms with Gasteiger partial charge in [-0.05, 0) is 48.4 Å². The molecular formula is C18H13N3. The molecule has 0 N–H and O–H groups in total. The molecule has 0 amide bonds. The molecule has 0 bridgehead atoms. The molecule has 3 heteroatoms. The molecule has 3 nitrogen and oxygen atoms in total. The molecule has 0 atom stereocenters. The standard InChI is InChI=1S/C18H13N3/c1-12-9-15(18-17(10-12)20-7-8-21-18)13-4-5-16-14(11-13)3-2-6-19-16/h2-11H,1H3. The number of hydrogen-bond donors (Lipinski definition) is 0. The second-order valence-electron chi connectivity index (χ2n) is 5.15. The maximum Gasteiger partial charge on any atom is 0.0965 e. The molecule has 0 saturated heterocycles. The first-order chi connectivity index (χ1) is 10.3. The van der Waals surface area contributed by atoms with Crippen LogP contribution in [-0.4, -0.2) is 15.0 Å². The highest BCUT2D eigenvalue weighted by atomic mass is 14.8. The summed E-state index contributed by atoms with van der Waals surface area (Å²) in [6.45, 7) is 2.08. The predicted octanol–water partition coefficient (Wildman–Crippen LogP) is 4.15. The number of benzene rings is 2. The van der Waals surface area contributed by atoms with Crippen LogP contribution in [0.5, 0.6) is 0 Å². The molecule has 0 saturated carbocycles. The minimum absolute atomic E-state index is 0.929. The van der Waals surface area contributed by atoms with Crippen LogP contribution in [-0.2, 0) is 0 Å². The Bertz CT molecular complexity index is 961. The fourth-order valence-corrected chi connectivity index (χ4v) is 2.68. The van der Waals surface area contributed by atoms with Crippen LogP contribution in [0.3, 0.4) is 0 Å². The zero-order valence-electron chi connectivity index (χ0n) is 11.6. The third kappa shape index (κ3) is 2.03. The average molecular weight is 271 g/mol. The third-order valence-electron chi connectivity index (χ3n) is 3.63. The van der Waals surface area contributed by atoms with Crippen LogP contribution in [0.4, 0.5) is 0 Å². The topological polar surface area (TPSA) is 38.7 Å². The zero-order valence-corrected chi connectivity index (χ0v) is 11.6. The van der Waals surface area contributed by atoms with Gasteiger partial charge in [0.1, 0.15) is 0 Å². The van der Waals surface area contributed by atoms with Gasteiger partial charge in [-0.25, -0.2) is 0 Å². The van der Waals surface area contributed by atoms with Crippen molar-refractivity contribution in [3.8, 4) is 11.1 Å². The van der Waals surface area contributed by atoms with Crippen molar-refractivity contribution in [3.63, 3.8) is 0 Å². The Labute approximate surface area is 122 Å². The maximum absolute atomic E-state index is 4.50. The van der Waals surface area contributed by atoms with Crippen molar-refractivity contribution in [1.29, 1.82) is 0 Å². The largest absolute Gasteiger partial charge is 0.256 e. The van der Waals surface area contributed by atoms with Crippen molar-refractivity contribution in [3.05, 3.63) is 66.6 Å². The van der Waals surface area contributed by atoms with Crippen molar-refractivity contribution in [2.45, 2.75) is 6.92 Å². The van der Waals surface area contributed by atoms with E-state index in [4.69, 9.17) is 0 Å². The Morgan fingerprint density at radius 1 is 0.762 bits per heavy atom. The molecule has 0 aliphatic rings. The molecule has 2 heterocycles. The Morgan fingerprint density at radius 2 is 1.62 bits per heavy atom. The quantitative estimate of drug-likeness (QED) is 0.522. The third-order valence-corrected chi connectivity index (χ3v) is 3.63. The maximum atomic E-state index is 4.50. The summed E-state index contributed by atoms with van der Waals surface area (Å²) in [6, 6.07) is 14.6. The van der Waals surface area contributed by atoms with Crippen LogP contribution in [0.2, 0.25) is 0 Å². The van der Waals surface area contributed by atoms with Crippen molar-refractivity contribution in [2.75, 3.05) is 0 Å². The van der Waals surface area contributed by atoms with Crippen molar-refractivity contribution in [2.24, 2.45) is 0 Å². The van der Waals surface area contributed by atoms with Crippen LogP contribution in [0.15, 0.2) is 61.1 Å². The fourth-order valence-electron chi connectivity index (χ4n) is 2.68. The van der Waals surface area contributed by atoms with Crippen LogP contribution in [0, 0.1) is 6.92 Å². The lowest BCUT2D eigenvalue weighted by atomic mass is 9.99. The molecule has 0 aliphatic heterocycles. The van der Waals surface area contributed by atoms with Gasteiger partial charge in [0.25, 0.3) is 0 Å². The first-order valence-corrected chi connectivity index (χ1v) is 6.88.